The summed E-state index contributed by atoms with van der Waals surface area (Å²) in [7, 11) is 3.77. The van der Waals surface area contributed by atoms with Crippen LogP contribution in [0, 0.1) is 5.92 Å². The standard InChI is InChI=1S/C25H30N4O3S/c1-27-19-10-17(32-2)5-6-18(19)23-24(27)20(12-30)28(11-21-26-7-8-33-21)13-25(23)14-29(15-25)22(31)9-16-3-4-16/h5-8,10,16,20,30H,3-4,9,11-15H2,1-2H3/t20-/m0/s1. The molecule has 1 saturated heterocycles. The molecule has 7 nitrogen and oxygen atoms in total. The maximum absolute atomic E-state index is 12.9. The van der Waals surface area contributed by atoms with Gasteiger partial charge in [0.1, 0.15) is 10.8 Å². The Kier molecular flexibility index (Phi) is 5.01. The molecular weight excluding hydrogens is 436 g/mol. The number of hydrogen-bond donors (Lipinski definition) is 1. The van der Waals surface area contributed by atoms with E-state index in [2.05, 4.69) is 33.6 Å². The number of methoxy groups -OCH3 is 1. The van der Waals surface area contributed by atoms with Gasteiger partial charge in [0, 0.05) is 67.2 Å². The summed E-state index contributed by atoms with van der Waals surface area (Å²) in [5.74, 6) is 1.72. The lowest BCUT2D eigenvalue weighted by molar-refractivity contribution is -0.141. The molecule has 6 rings (SSSR count). The fraction of sp³-hybridized carbons (Fsp3) is 0.520. The van der Waals surface area contributed by atoms with Gasteiger partial charge in [-0.05, 0) is 36.5 Å². The zero-order valence-electron chi connectivity index (χ0n) is 19.2. The average molecular weight is 467 g/mol. The summed E-state index contributed by atoms with van der Waals surface area (Å²) in [6.45, 7) is 3.03. The van der Waals surface area contributed by atoms with Crippen LogP contribution < -0.4 is 4.74 Å². The van der Waals surface area contributed by atoms with Gasteiger partial charge in [-0.3, -0.25) is 9.69 Å². The number of aliphatic hydroxyl groups is 1. The van der Waals surface area contributed by atoms with Crippen molar-refractivity contribution in [1.82, 2.24) is 19.4 Å². The number of carbonyl (C=O) groups is 1. The van der Waals surface area contributed by atoms with Gasteiger partial charge >= 0.3 is 0 Å². The second kappa shape index (κ2) is 7.82. The van der Waals surface area contributed by atoms with Crippen LogP contribution >= 0.6 is 11.3 Å². The Hall–Kier alpha value is -2.42. The molecule has 1 N–H and O–H groups in total. The van der Waals surface area contributed by atoms with E-state index in [0.717, 1.165) is 41.6 Å². The second-order valence-electron chi connectivity index (χ2n) is 9.91. The molecule has 2 fully saturated rings. The van der Waals surface area contributed by atoms with Crippen LogP contribution in [-0.2, 0) is 23.8 Å². The van der Waals surface area contributed by atoms with Crippen molar-refractivity contribution in [2.75, 3.05) is 33.4 Å². The van der Waals surface area contributed by atoms with E-state index in [1.807, 2.05) is 22.5 Å². The van der Waals surface area contributed by atoms with Crippen molar-refractivity contribution >= 4 is 28.1 Å². The number of amides is 1. The largest absolute Gasteiger partial charge is 0.497 e. The van der Waals surface area contributed by atoms with E-state index in [1.54, 1.807) is 18.4 Å². The zero-order chi connectivity index (χ0) is 22.7. The summed E-state index contributed by atoms with van der Waals surface area (Å²) in [5, 5.41) is 14.8. The molecule has 1 atom stereocenters. The molecule has 8 heteroatoms. The summed E-state index contributed by atoms with van der Waals surface area (Å²) < 4.78 is 7.73. The van der Waals surface area contributed by atoms with Crippen LogP contribution in [0.5, 0.6) is 5.75 Å². The lowest BCUT2D eigenvalue weighted by Gasteiger charge is -2.56. The molecule has 2 aliphatic heterocycles. The van der Waals surface area contributed by atoms with Gasteiger partial charge < -0.3 is 19.3 Å². The Bertz CT molecular complexity index is 1190. The highest BCUT2D eigenvalue weighted by Gasteiger charge is 2.54. The lowest BCUT2D eigenvalue weighted by atomic mass is 9.68. The molecule has 2 aromatic heterocycles. The second-order valence-corrected chi connectivity index (χ2v) is 10.9. The van der Waals surface area contributed by atoms with Crippen LogP contribution in [0.15, 0.2) is 29.8 Å². The third-order valence-corrected chi connectivity index (χ3v) is 8.50. The molecule has 1 spiro atoms. The first kappa shape index (κ1) is 21.1. The maximum atomic E-state index is 12.9. The molecule has 3 aliphatic rings. The van der Waals surface area contributed by atoms with Crippen molar-refractivity contribution in [3.8, 4) is 5.75 Å². The van der Waals surface area contributed by atoms with Gasteiger partial charge in [-0.25, -0.2) is 4.98 Å². The molecule has 174 valence electrons. The van der Waals surface area contributed by atoms with E-state index >= 15 is 0 Å². The minimum atomic E-state index is -0.133. The van der Waals surface area contributed by atoms with Crippen LogP contribution in [-0.4, -0.2) is 63.7 Å². The number of thiazole rings is 1. The number of fused-ring (bicyclic) bond motifs is 4. The molecule has 0 unspecified atom stereocenters. The molecule has 33 heavy (non-hydrogen) atoms. The Morgan fingerprint density at radius 1 is 1.30 bits per heavy atom. The summed E-state index contributed by atoms with van der Waals surface area (Å²) >= 11 is 1.65. The predicted molar refractivity (Wildman–Crippen MR) is 127 cm³/mol. The molecule has 3 aromatic rings. The Morgan fingerprint density at radius 3 is 2.79 bits per heavy atom. The average Bonchev–Trinajstić information content (AvgIpc) is 3.36. The number of nitrogens with zero attached hydrogens (tertiary/aromatic N) is 4. The van der Waals surface area contributed by atoms with Crippen molar-refractivity contribution in [3.05, 3.63) is 46.0 Å². The first-order chi connectivity index (χ1) is 16.0. The fourth-order valence-corrected chi connectivity index (χ4v) is 6.59. The van der Waals surface area contributed by atoms with Crippen molar-refractivity contribution in [2.24, 2.45) is 13.0 Å². The van der Waals surface area contributed by atoms with E-state index in [4.69, 9.17) is 4.74 Å². The minimum Gasteiger partial charge on any atom is -0.497 e. The normalized spacial score (nSPS) is 21.9. The smallest absolute Gasteiger partial charge is 0.222 e. The van der Waals surface area contributed by atoms with Crippen molar-refractivity contribution < 1.29 is 14.6 Å². The monoisotopic (exact) mass is 466 g/mol. The number of rotatable bonds is 6. The Balaban J connectivity index is 1.44. The first-order valence-corrected chi connectivity index (χ1v) is 12.6. The first-order valence-electron chi connectivity index (χ1n) is 11.7. The maximum Gasteiger partial charge on any atom is 0.222 e. The van der Waals surface area contributed by atoms with Crippen LogP contribution in [0.4, 0.5) is 0 Å². The topological polar surface area (TPSA) is 70.8 Å². The van der Waals surface area contributed by atoms with Crippen LogP contribution in [0.1, 0.15) is 41.6 Å². The summed E-state index contributed by atoms with van der Waals surface area (Å²) in [4.78, 5) is 21.8. The van der Waals surface area contributed by atoms with Crippen LogP contribution in [0.2, 0.25) is 0 Å². The molecule has 1 amide bonds. The number of hydrogen-bond acceptors (Lipinski definition) is 6. The van der Waals surface area contributed by atoms with Gasteiger partial charge in [-0.2, -0.15) is 0 Å². The number of aromatic nitrogens is 2. The van der Waals surface area contributed by atoms with E-state index in [1.165, 1.54) is 23.8 Å². The minimum absolute atomic E-state index is 0.0417. The predicted octanol–water partition coefficient (Wildman–Crippen LogP) is 3.07. The molecule has 1 aromatic carbocycles. The van der Waals surface area contributed by atoms with E-state index < -0.39 is 0 Å². The quantitative estimate of drug-likeness (QED) is 0.605. The van der Waals surface area contributed by atoms with Gasteiger partial charge in [0.2, 0.25) is 5.91 Å². The van der Waals surface area contributed by atoms with Crippen LogP contribution in [0.25, 0.3) is 10.9 Å². The molecule has 1 saturated carbocycles. The summed E-state index contributed by atoms with van der Waals surface area (Å²) in [6, 6.07) is 6.12. The highest BCUT2D eigenvalue weighted by molar-refractivity contribution is 7.09. The molecule has 4 heterocycles. The van der Waals surface area contributed by atoms with Crippen molar-refractivity contribution in [3.63, 3.8) is 0 Å². The molecule has 1 aliphatic carbocycles. The summed E-state index contributed by atoms with van der Waals surface area (Å²) in [6.07, 6.45) is 4.92. The molecule has 0 bridgehead atoms. The summed E-state index contributed by atoms with van der Waals surface area (Å²) in [5.41, 5.74) is 3.42. The number of carbonyl (C=O) groups excluding carboxylic acids is 1. The fourth-order valence-electron chi connectivity index (χ4n) is 5.95. The number of aryl methyl sites for hydroxylation is 1. The third kappa shape index (κ3) is 3.38. The Morgan fingerprint density at radius 2 is 2.12 bits per heavy atom. The van der Waals surface area contributed by atoms with E-state index in [0.29, 0.717) is 24.8 Å². The Labute approximate surface area is 197 Å². The van der Waals surface area contributed by atoms with Gasteiger partial charge in [0.25, 0.3) is 0 Å². The number of aliphatic hydroxyl groups excluding tert-OH is 1. The van der Waals surface area contributed by atoms with Crippen molar-refractivity contribution in [2.45, 2.75) is 37.3 Å². The van der Waals surface area contributed by atoms with Gasteiger partial charge in [-0.15, -0.1) is 11.3 Å². The highest BCUT2D eigenvalue weighted by atomic mass is 32.1. The number of ether oxygens (including phenoxy) is 1. The molecule has 0 radical (unpaired) electrons. The SMILES string of the molecule is COc1ccc2c3c(n(C)c2c1)[C@H](CO)N(Cc1nccs1)CC31CN(C(=O)CC2CC2)C1. The van der Waals surface area contributed by atoms with Gasteiger partial charge in [0.15, 0.2) is 0 Å². The third-order valence-electron chi connectivity index (χ3n) is 7.74. The molecular formula is C25H30N4O3S. The van der Waals surface area contributed by atoms with Crippen LogP contribution in [0.3, 0.4) is 0 Å². The van der Waals surface area contributed by atoms with Crippen molar-refractivity contribution in [1.29, 1.82) is 0 Å². The van der Waals surface area contributed by atoms with E-state index in [9.17, 15) is 9.90 Å². The lowest BCUT2D eigenvalue weighted by Crippen LogP contribution is -2.67. The van der Waals surface area contributed by atoms with E-state index in [-0.39, 0.29) is 18.1 Å². The van der Waals surface area contributed by atoms with Gasteiger partial charge in [-0.1, -0.05) is 0 Å². The number of likely N-dealkylation sites (tertiary alicyclic amines) is 1. The number of benzene rings is 1. The highest BCUT2D eigenvalue weighted by Crippen LogP contribution is 2.50. The zero-order valence-corrected chi connectivity index (χ0v) is 20.0. The van der Waals surface area contributed by atoms with Gasteiger partial charge in [0.05, 0.1) is 31.8 Å².